The van der Waals surface area contributed by atoms with Gasteiger partial charge in [-0.15, -0.1) is 18.3 Å². The molecule has 0 bridgehead atoms. The van der Waals surface area contributed by atoms with Crippen molar-refractivity contribution in [2.24, 2.45) is 22.9 Å². The summed E-state index contributed by atoms with van der Waals surface area (Å²) in [6.07, 6.45) is 8.70. The fraction of sp³-hybridized carbons (Fsp3) is 0.426. The van der Waals surface area contributed by atoms with Crippen molar-refractivity contribution in [2.45, 2.75) is 74.2 Å². The first kappa shape index (κ1) is 49.4. The maximum Gasteiger partial charge on any atom is 0.254 e. The lowest BCUT2D eigenvalue weighted by atomic mass is 9.55. The molecule has 3 aliphatic rings. The van der Waals surface area contributed by atoms with Gasteiger partial charge in [-0.2, -0.15) is 5.26 Å². The molecule has 6 unspecified atom stereocenters. The Bertz CT molecular complexity index is 2300. The van der Waals surface area contributed by atoms with Crippen molar-refractivity contribution in [2.75, 3.05) is 58.5 Å². The molecule has 4 aromatic rings. The Morgan fingerprint density at radius 2 is 1.66 bits per heavy atom. The Labute approximate surface area is 398 Å². The Morgan fingerprint density at radius 3 is 2.37 bits per heavy atom. The molecule has 1 saturated carbocycles. The van der Waals surface area contributed by atoms with Crippen molar-refractivity contribution in [1.82, 2.24) is 4.90 Å². The maximum absolute atomic E-state index is 15.2. The average molecular weight is 930 g/mol. The third-order valence-corrected chi connectivity index (χ3v) is 13.8. The van der Waals surface area contributed by atoms with Crippen LogP contribution < -0.4 is 9.47 Å². The number of hydrogen-bond acceptors (Lipinski definition) is 12. The Hall–Kier alpha value is -5.46. The average Bonchev–Trinajstić information content (AvgIpc) is 3.36. The van der Waals surface area contributed by atoms with Crippen LogP contribution in [-0.4, -0.2) is 102 Å². The smallest absolute Gasteiger partial charge is 0.254 e. The SMILES string of the molecule is C=CCOC12Oc3ccc(OCCSc4ccccc4)cc3C3C(CCCCO)C(CCCCO)C=C(C(=NOCc4ccccc4)CC1N(CCOCCO)C(=O)c1ccc(C#N)cc1)C32. The van der Waals surface area contributed by atoms with Crippen LogP contribution >= 0.6 is 11.8 Å². The second kappa shape index (κ2) is 25.1. The molecule has 6 atom stereocenters. The summed E-state index contributed by atoms with van der Waals surface area (Å²) in [5, 5.41) is 44.3. The number of carbonyl (C=O) groups excluding carboxylic acids is 1. The second-order valence-electron chi connectivity index (χ2n) is 17.1. The summed E-state index contributed by atoms with van der Waals surface area (Å²) in [5.74, 6) is -0.417. The van der Waals surface area contributed by atoms with E-state index in [0.717, 1.165) is 48.1 Å². The predicted octanol–water partition coefficient (Wildman–Crippen LogP) is 8.71. The standard InChI is InChI=1S/C54H63N3O9S/c1-2-29-64-54-50(57(25-30-62-31-28-60)53(61)41-21-19-39(37-55)20-22-41)36-48(56-65-38-40-13-5-3-6-14-40)46-34-42(15-9-11-26-58)45(18-10-12-27-59)51(52(46)54)47-35-43(23-24-49(47)66-54)63-32-33-67-44-16-7-4-8-17-44/h2-8,13-14,16-17,19-24,34-35,42,45,50-52,58-60H,1,9-12,15,18,25-33,36,38H2. The highest BCUT2D eigenvalue weighted by Crippen LogP contribution is 2.62. The van der Waals surface area contributed by atoms with Gasteiger partial charge in [-0.25, -0.2) is 0 Å². The number of thioether (sulfide) groups is 1. The van der Waals surface area contributed by atoms with Gasteiger partial charge in [-0.1, -0.05) is 78.7 Å². The van der Waals surface area contributed by atoms with Crippen LogP contribution in [0.25, 0.3) is 0 Å². The minimum atomic E-state index is -1.49. The molecule has 354 valence electrons. The van der Waals surface area contributed by atoms with Crippen LogP contribution in [0, 0.1) is 29.1 Å². The molecule has 3 N–H and O–H groups in total. The number of aliphatic hydroxyl groups is 3. The summed E-state index contributed by atoms with van der Waals surface area (Å²) < 4.78 is 26.9. The number of fused-ring (bicyclic) bond motifs is 2. The van der Waals surface area contributed by atoms with Gasteiger partial charge in [-0.05, 0) is 103 Å². The van der Waals surface area contributed by atoms with E-state index in [-0.39, 0.29) is 82.9 Å². The lowest BCUT2D eigenvalue weighted by Gasteiger charge is -2.60. The first-order valence-electron chi connectivity index (χ1n) is 23.5. The third kappa shape index (κ3) is 12.2. The number of nitrogens with zero attached hydrogens (tertiary/aromatic N) is 3. The zero-order valence-electron chi connectivity index (χ0n) is 38.1. The molecule has 13 heteroatoms. The third-order valence-electron chi connectivity index (χ3n) is 12.9. The van der Waals surface area contributed by atoms with E-state index in [0.29, 0.717) is 47.8 Å². The van der Waals surface area contributed by atoms with Gasteiger partial charge >= 0.3 is 0 Å². The number of benzene rings is 4. The number of rotatable bonds is 26. The molecule has 1 amide bonds. The van der Waals surface area contributed by atoms with E-state index in [9.17, 15) is 20.6 Å². The molecule has 0 radical (unpaired) electrons. The lowest BCUT2D eigenvalue weighted by molar-refractivity contribution is -0.254. The minimum Gasteiger partial charge on any atom is -0.493 e. The predicted molar refractivity (Wildman–Crippen MR) is 259 cm³/mol. The number of carbonyl (C=O) groups is 1. The summed E-state index contributed by atoms with van der Waals surface area (Å²) >= 11 is 1.73. The van der Waals surface area contributed by atoms with Gasteiger partial charge in [0.25, 0.3) is 5.91 Å². The lowest BCUT2D eigenvalue weighted by Crippen LogP contribution is -2.70. The quantitative estimate of drug-likeness (QED) is 0.0239. The minimum absolute atomic E-state index is 0.0260. The van der Waals surface area contributed by atoms with E-state index in [2.05, 4.69) is 36.9 Å². The monoisotopic (exact) mass is 929 g/mol. The van der Waals surface area contributed by atoms with Gasteiger partial charge in [0, 0.05) is 53.9 Å². The van der Waals surface area contributed by atoms with Crippen molar-refractivity contribution in [3.63, 3.8) is 0 Å². The summed E-state index contributed by atoms with van der Waals surface area (Å²) in [7, 11) is 0. The van der Waals surface area contributed by atoms with Crippen LogP contribution in [0.3, 0.4) is 0 Å². The largest absolute Gasteiger partial charge is 0.493 e. The summed E-state index contributed by atoms with van der Waals surface area (Å²) in [6, 6.07) is 34.0. The van der Waals surface area contributed by atoms with Crippen LogP contribution in [-0.2, 0) is 20.9 Å². The first-order chi connectivity index (χ1) is 32.9. The zero-order valence-corrected chi connectivity index (χ0v) is 38.9. The highest BCUT2D eigenvalue weighted by Gasteiger charge is 2.65. The number of amides is 1. The summed E-state index contributed by atoms with van der Waals surface area (Å²) in [6.45, 7) is 5.17. The number of nitriles is 1. The van der Waals surface area contributed by atoms with E-state index in [4.69, 9.17) is 28.9 Å². The topological polar surface area (TPSA) is 163 Å². The molecule has 1 heterocycles. The van der Waals surface area contributed by atoms with Crippen molar-refractivity contribution >= 4 is 23.4 Å². The van der Waals surface area contributed by atoms with Gasteiger partial charge in [0.2, 0.25) is 5.79 Å². The fourth-order valence-corrected chi connectivity index (χ4v) is 10.7. The van der Waals surface area contributed by atoms with Gasteiger partial charge in [0.05, 0.1) is 56.3 Å². The molecule has 0 aromatic heterocycles. The highest BCUT2D eigenvalue weighted by atomic mass is 32.2. The molecule has 1 aliphatic heterocycles. The number of allylic oxidation sites excluding steroid dienone is 1. The number of aliphatic hydroxyl groups excluding tert-OH is 3. The van der Waals surface area contributed by atoms with Crippen LogP contribution in [0.1, 0.15) is 77.9 Å². The molecule has 4 aromatic carbocycles. The number of hydrogen-bond donors (Lipinski definition) is 3. The van der Waals surface area contributed by atoms with Crippen LogP contribution in [0.15, 0.2) is 137 Å². The molecule has 1 fully saturated rings. The molecular formula is C54H63N3O9S. The Morgan fingerprint density at radius 1 is 0.910 bits per heavy atom. The summed E-state index contributed by atoms with van der Waals surface area (Å²) in [4.78, 5) is 24.3. The fourth-order valence-electron chi connectivity index (χ4n) is 9.91. The number of unbranched alkanes of at least 4 members (excludes halogenated alkanes) is 2. The molecule has 12 nitrogen and oxygen atoms in total. The Kier molecular flexibility index (Phi) is 18.5. The first-order valence-corrected chi connectivity index (χ1v) is 24.5. The van der Waals surface area contributed by atoms with Crippen molar-refractivity contribution in [3.8, 4) is 17.6 Å². The van der Waals surface area contributed by atoms with Gasteiger partial charge in [0.1, 0.15) is 24.1 Å². The molecule has 0 spiro atoms. The van der Waals surface area contributed by atoms with E-state index in [1.807, 2.05) is 60.7 Å². The van der Waals surface area contributed by atoms with E-state index in [1.54, 1.807) is 47.0 Å². The van der Waals surface area contributed by atoms with Gasteiger partial charge in [-0.3, -0.25) is 4.79 Å². The van der Waals surface area contributed by atoms with E-state index >= 15 is 4.79 Å². The van der Waals surface area contributed by atoms with E-state index < -0.39 is 17.7 Å². The molecule has 0 saturated heterocycles. The molecule has 67 heavy (non-hydrogen) atoms. The normalized spacial score (nSPS) is 22.1. The zero-order chi connectivity index (χ0) is 46.9. The molecular weight excluding hydrogens is 867 g/mol. The van der Waals surface area contributed by atoms with Crippen molar-refractivity contribution in [1.29, 1.82) is 5.26 Å². The molecule has 2 aliphatic carbocycles. The Balaban J connectivity index is 1.40. The highest BCUT2D eigenvalue weighted by molar-refractivity contribution is 7.99. The van der Waals surface area contributed by atoms with Crippen LogP contribution in [0.5, 0.6) is 11.5 Å². The van der Waals surface area contributed by atoms with Crippen LogP contribution in [0.4, 0.5) is 0 Å². The van der Waals surface area contributed by atoms with Gasteiger partial charge in [0.15, 0.2) is 0 Å². The van der Waals surface area contributed by atoms with Gasteiger partial charge < -0.3 is 44.0 Å². The van der Waals surface area contributed by atoms with Crippen LogP contribution in [0.2, 0.25) is 0 Å². The maximum atomic E-state index is 15.2. The van der Waals surface area contributed by atoms with E-state index in [1.165, 1.54) is 4.90 Å². The summed E-state index contributed by atoms with van der Waals surface area (Å²) in [5.41, 5.74) is 4.30. The van der Waals surface area contributed by atoms with Crippen molar-refractivity contribution < 1.29 is 43.9 Å². The number of ether oxygens (including phenoxy) is 4. The number of oxime groups is 1. The molecule has 7 rings (SSSR count). The second-order valence-corrected chi connectivity index (χ2v) is 18.2. The van der Waals surface area contributed by atoms with Crippen molar-refractivity contribution in [3.05, 3.63) is 150 Å².